The lowest BCUT2D eigenvalue weighted by molar-refractivity contribution is 0.586. The minimum atomic E-state index is -3.50. The van der Waals surface area contributed by atoms with Gasteiger partial charge in [0.15, 0.2) is 9.84 Å². The maximum absolute atomic E-state index is 12.1. The molecule has 7 heteroatoms. The van der Waals surface area contributed by atoms with Crippen molar-refractivity contribution in [3.8, 4) is 6.07 Å². The van der Waals surface area contributed by atoms with E-state index in [0.29, 0.717) is 5.56 Å². The van der Waals surface area contributed by atoms with Crippen LogP contribution in [0, 0.1) is 11.3 Å². The predicted molar refractivity (Wildman–Crippen MR) is 71.7 cm³/mol. The molecule has 0 spiro atoms. The average molecular weight is 289 g/mol. The molecule has 0 radical (unpaired) electrons. The van der Waals surface area contributed by atoms with E-state index >= 15 is 0 Å². The molecule has 0 aliphatic carbocycles. The molecule has 0 saturated heterocycles. The fraction of sp³-hybridized carbons (Fsp3) is 0.154. The first-order valence-electron chi connectivity index (χ1n) is 5.76. The van der Waals surface area contributed by atoms with Gasteiger partial charge in [-0.05, 0) is 24.3 Å². The van der Waals surface area contributed by atoms with E-state index in [1.165, 1.54) is 47.4 Å². The van der Waals surface area contributed by atoms with Gasteiger partial charge in [-0.25, -0.2) is 13.4 Å². The Bertz CT molecular complexity index is 802. The Morgan fingerprint density at radius 2 is 1.90 bits per heavy atom. The molecule has 0 saturated carbocycles. The third-order valence-corrected chi connectivity index (χ3v) is 4.45. The number of aryl methyl sites for hydroxylation is 1. The summed E-state index contributed by atoms with van der Waals surface area (Å²) in [5, 5.41) is 8.67. The van der Waals surface area contributed by atoms with Gasteiger partial charge in [0.2, 0.25) is 0 Å². The molecular weight excluding hydrogens is 278 g/mol. The maximum Gasteiger partial charge on any atom is 0.253 e. The average Bonchev–Trinajstić information content (AvgIpc) is 2.46. The van der Waals surface area contributed by atoms with Gasteiger partial charge in [-0.2, -0.15) is 5.26 Å². The molecule has 6 nitrogen and oxygen atoms in total. The van der Waals surface area contributed by atoms with Crippen LogP contribution < -0.4 is 5.56 Å². The van der Waals surface area contributed by atoms with Crippen LogP contribution in [-0.2, 0) is 16.4 Å². The van der Waals surface area contributed by atoms with Gasteiger partial charge < -0.3 is 0 Å². The summed E-state index contributed by atoms with van der Waals surface area (Å²) in [6.07, 6.45) is 2.66. The van der Waals surface area contributed by atoms with Gasteiger partial charge in [-0.3, -0.25) is 9.36 Å². The highest BCUT2D eigenvalue weighted by atomic mass is 32.2. The molecule has 0 unspecified atom stereocenters. The van der Waals surface area contributed by atoms with Crippen molar-refractivity contribution in [1.82, 2.24) is 9.55 Å². The number of hydrogen-bond donors (Lipinski definition) is 0. The SMILES string of the molecule is N#Cc1ccc(S(=O)(=O)CCn2cnccc2=O)cc1. The molecule has 20 heavy (non-hydrogen) atoms. The van der Waals surface area contributed by atoms with E-state index in [9.17, 15) is 13.2 Å². The molecule has 2 rings (SSSR count). The van der Waals surface area contributed by atoms with E-state index in [4.69, 9.17) is 5.26 Å². The maximum atomic E-state index is 12.1. The fourth-order valence-electron chi connectivity index (χ4n) is 1.62. The van der Waals surface area contributed by atoms with Crippen LogP contribution in [0.1, 0.15) is 5.56 Å². The quantitative estimate of drug-likeness (QED) is 0.821. The zero-order valence-electron chi connectivity index (χ0n) is 10.4. The fourth-order valence-corrected chi connectivity index (χ4v) is 2.84. The molecule has 0 bridgehead atoms. The van der Waals surface area contributed by atoms with Crippen molar-refractivity contribution in [2.75, 3.05) is 5.75 Å². The summed E-state index contributed by atoms with van der Waals surface area (Å²) in [5.74, 6) is -0.204. The molecule has 0 N–H and O–H groups in total. The van der Waals surface area contributed by atoms with E-state index in [-0.39, 0.29) is 22.8 Å². The molecule has 102 valence electrons. The van der Waals surface area contributed by atoms with E-state index < -0.39 is 9.84 Å². The normalized spacial score (nSPS) is 10.9. The first kappa shape index (κ1) is 14.0. The number of nitrogens with zero attached hydrogens (tertiary/aromatic N) is 3. The second-order valence-electron chi connectivity index (χ2n) is 4.07. The standard InChI is InChI=1S/C13H11N3O3S/c14-9-11-1-3-12(4-2-11)20(18,19)8-7-16-10-15-6-5-13(16)17/h1-6,10H,7-8H2. The van der Waals surface area contributed by atoms with Crippen LogP contribution in [0.5, 0.6) is 0 Å². The Labute approximate surface area is 115 Å². The van der Waals surface area contributed by atoms with Crippen LogP contribution in [0.4, 0.5) is 0 Å². The summed E-state index contributed by atoms with van der Waals surface area (Å²) in [7, 11) is -3.50. The topological polar surface area (TPSA) is 92.8 Å². The smallest absolute Gasteiger partial charge is 0.253 e. The number of aromatic nitrogens is 2. The third kappa shape index (κ3) is 3.10. The Morgan fingerprint density at radius 1 is 1.20 bits per heavy atom. The molecule has 0 aliphatic heterocycles. The van der Waals surface area contributed by atoms with Gasteiger partial charge in [0.05, 0.1) is 28.6 Å². The highest BCUT2D eigenvalue weighted by Gasteiger charge is 2.14. The van der Waals surface area contributed by atoms with E-state index in [1.807, 2.05) is 6.07 Å². The lowest BCUT2D eigenvalue weighted by Crippen LogP contribution is -2.23. The number of sulfone groups is 1. The van der Waals surface area contributed by atoms with Crippen LogP contribution in [0.3, 0.4) is 0 Å². The molecule has 0 fully saturated rings. The van der Waals surface area contributed by atoms with Crippen LogP contribution in [0.15, 0.2) is 52.5 Å². The van der Waals surface area contributed by atoms with Crippen molar-refractivity contribution in [2.45, 2.75) is 11.4 Å². The summed E-state index contributed by atoms with van der Waals surface area (Å²) in [4.78, 5) is 15.4. The lowest BCUT2D eigenvalue weighted by Gasteiger charge is -2.06. The van der Waals surface area contributed by atoms with Crippen molar-refractivity contribution in [2.24, 2.45) is 0 Å². The Kier molecular flexibility index (Phi) is 3.96. The molecule has 1 aromatic heterocycles. The first-order chi connectivity index (χ1) is 9.53. The van der Waals surface area contributed by atoms with Crippen molar-refractivity contribution in [3.63, 3.8) is 0 Å². The lowest BCUT2D eigenvalue weighted by atomic mass is 10.2. The van der Waals surface area contributed by atoms with E-state index in [1.54, 1.807) is 0 Å². The summed E-state index contributed by atoms with van der Waals surface area (Å²) in [6, 6.07) is 8.87. The molecule has 1 aromatic carbocycles. The second-order valence-corrected chi connectivity index (χ2v) is 6.18. The summed E-state index contributed by atoms with van der Waals surface area (Å²) in [6.45, 7) is 0.0367. The van der Waals surface area contributed by atoms with Crippen LogP contribution in [0.25, 0.3) is 0 Å². The van der Waals surface area contributed by atoms with E-state index in [2.05, 4.69) is 4.98 Å². The van der Waals surface area contributed by atoms with Gasteiger partial charge in [0, 0.05) is 18.8 Å². The van der Waals surface area contributed by atoms with Gasteiger partial charge in [0.1, 0.15) is 0 Å². The largest absolute Gasteiger partial charge is 0.298 e. The van der Waals surface area contributed by atoms with Gasteiger partial charge in [-0.15, -0.1) is 0 Å². The van der Waals surface area contributed by atoms with Crippen molar-refractivity contribution in [3.05, 3.63) is 58.8 Å². The van der Waals surface area contributed by atoms with Crippen LogP contribution >= 0.6 is 0 Å². The number of benzene rings is 1. The molecule has 2 aromatic rings. The minimum Gasteiger partial charge on any atom is -0.298 e. The van der Waals surface area contributed by atoms with Gasteiger partial charge in [-0.1, -0.05) is 0 Å². The second kappa shape index (κ2) is 5.67. The first-order valence-corrected chi connectivity index (χ1v) is 7.41. The van der Waals surface area contributed by atoms with Gasteiger partial charge >= 0.3 is 0 Å². The summed E-state index contributed by atoms with van der Waals surface area (Å²) >= 11 is 0. The zero-order valence-corrected chi connectivity index (χ0v) is 11.2. The number of rotatable bonds is 4. The van der Waals surface area contributed by atoms with Crippen molar-refractivity contribution >= 4 is 9.84 Å². The number of nitriles is 1. The zero-order chi connectivity index (χ0) is 14.6. The third-order valence-electron chi connectivity index (χ3n) is 2.74. The van der Waals surface area contributed by atoms with Gasteiger partial charge in [0.25, 0.3) is 5.56 Å². The number of hydrogen-bond acceptors (Lipinski definition) is 5. The Hall–Kier alpha value is -2.46. The highest BCUT2D eigenvalue weighted by molar-refractivity contribution is 7.91. The van der Waals surface area contributed by atoms with Crippen molar-refractivity contribution in [1.29, 1.82) is 5.26 Å². The Morgan fingerprint density at radius 3 is 2.50 bits per heavy atom. The molecule has 0 amide bonds. The minimum absolute atomic E-state index is 0.0367. The van der Waals surface area contributed by atoms with Crippen LogP contribution in [0.2, 0.25) is 0 Å². The molecule has 1 heterocycles. The monoisotopic (exact) mass is 289 g/mol. The summed E-state index contributed by atoms with van der Waals surface area (Å²) in [5.41, 5.74) is 0.0995. The molecular formula is C13H11N3O3S. The van der Waals surface area contributed by atoms with Crippen molar-refractivity contribution < 1.29 is 8.42 Å². The summed E-state index contributed by atoms with van der Waals surface area (Å²) < 4.78 is 25.4. The van der Waals surface area contributed by atoms with E-state index in [0.717, 1.165) is 0 Å². The van der Waals surface area contributed by atoms with Crippen LogP contribution in [-0.4, -0.2) is 23.7 Å². The molecule has 0 atom stereocenters. The Balaban J connectivity index is 2.17. The molecule has 0 aliphatic rings. The highest BCUT2D eigenvalue weighted by Crippen LogP contribution is 2.12. The predicted octanol–water partition coefficient (Wildman–Crippen LogP) is 0.589.